The van der Waals surface area contributed by atoms with Crippen molar-refractivity contribution in [1.29, 1.82) is 0 Å². The van der Waals surface area contributed by atoms with Gasteiger partial charge in [-0.05, 0) is 12.8 Å². The maximum Gasteiger partial charge on any atom is 1.00 e. The van der Waals surface area contributed by atoms with Gasteiger partial charge in [0.1, 0.15) is 13.2 Å². The first-order valence-corrected chi connectivity index (χ1v) is 11.6. The van der Waals surface area contributed by atoms with Gasteiger partial charge in [-0.2, -0.15) is 0 Å². The summed E-state index contributed by atoms with van der Waals surface area (Å²) >= 11 is 0. The fourth-order valence-corrected chi connectivity index (χ4v) is 3.42. The summed E-state index contributed by atoms with van der Waals surface area (Å²) in [4.78, 5) is 0. The van der Waals surface area contributed by atoms with Gasteiger partial charge in [-0.3, -0.25) is 0 Å². The fraction of sp³-hybridized carbons (Fsp3) is 1.00. The molecule has 146 valence electrons. The first-order valence-electron chi connectivity index (χ1n) is 10.5. The maximum atomic E-state index is 11.6. The second-order valence-corrected chi connectivity index (χ2v) is 7.80. The molecule has 0 rings (SSSR count). The smallest absolute Gasteiger partial charge is 1.00 e. The zero-order chi connectivity index (χ0) is 17.7. The molecule has 0 radical (unpaired) electrons. The normalized spacial score (nSPS) is 10.6. The van der Waals surface area contributed by atoms with Gasteiger partial charge >= 0.3 is 37.8 Å². The van der Waals surface area contributed by atoms with Crippen LogP contribution >= 0.6 is 8.25 Å². The van der Waals surface area contributed by atoms with Crippen LogP contribution in [0.2, 0.25) is 0 Å². The summed E-state index contributed by atoms with van der Waals surface area (Å²) in [7, 11) is -1.90. The molecule has 0 aromatic heterocycles. The van der Waals surface area contributed by atoms with Crippen molar-refractivity contribution in [3.8, 4) is 0 Å². The molecule has 0 aliphatic carbocycles. The molecular formula is C20H43NaO3P+. The molecule has 0 aliphatic rings. The van der Waals surface area contributed by atoms with E-state index >= 15 is 0 Å². The second-order valence-electron chi connectivity index (χ2n) is 6.84. The summed E-state index contributed by atoms with van der Waals surface area (Å²) in [6, 6.07) is 0. The van der Waals surface area contributed by atoms with Crippen molar-refractivity contribution in [2.75, 3.05) is 13.2 Å². The van der Waals surface area contributed by atoms with Gasteiger partial charge in [-0.25, -0.2) is 0 Å². The van der Waals surface area contributed by atoms with Crippen LogP contribution in [-0.4, -0.2) is 13.2 Å². The Labute approximate surface area is 182 Å². The minimum Gasteiger partial charge on any atom is -1.00 e. The molecule has 0 heterocycles. The van der Waals surface area contributed by atoms with Gasteiger partial charge in [0.05, 0.1) is 0 Å². The van der Waals surface area contributed by atoms with E-state index in [9.17, 15) is 4.57 Å². The average Bonchev–Trinajstić information content (AvgIpc) is 2.59. The Kier molecular flexibility index (Phi) is 28.3. The summed E-state index contributed by atoms with van der Waals surface area (Å²) in [6.07, 6.45) is 20.3. The van der Waals surface area contributed by atoms with Crippen LogP contribution in [0.1, 0.15) is 118 Å². The van der Waals surface area contributed by atoms with Crippen molar-refractivity contribution in [3.63, 3.8) is 0 Å². The zero-order valence-electron chi connectivity index (χ0n) is 18.4. The van der Waals surface area contributed by atoms with E-state index in [0.717, 1.165) is 12.8 Å². The molecule has 0 unspecified atom stereocenters. The van der Waals surface area contributed by atoms with Gasteiger partial charge in [0.2, 0.25) is 0 Å². The van der Waals surface area contributed by atoms with Crippen LogP contribution in [0.3, 0.4) is 0 Å². The first kappa shape index (κ1) is 28.2. The molecule has 0 saturated carbocycles. The molecule has 3 nitrogen and oxygen atoms in total. The van der Waals surface area contributed by atoms with Crippen molar-refractivity contribution >= 4 is 8.25 Å². The molecule has 0 aromatic carbocycles. The van der Waals surface area contributed by atoms with Crippen LogP contribution in [0.4, 0.5) is 0 Å². The molecule has 0 N–H and O–H groups in total. The quantitative estimate of drug-likeness (QED) is 0.167. The molecule has 0 bridgehead atoms. The van der Waals surface area contributed by atoms with Gasteiger partial charge in [0.15, 0.2) is 0 Å². The summed E-state index contributed by atoms with van der Waals surface area (Å²) in [6.45, 7) is 5.63. The summed E-state index contributed by atoms with van der Waals surface area (Å²) < 4.78 is 22.1. The average molecular weight is 386 g/mol. The van der Waals surface area contributed by atoms with E-state index in [-0.39, 0.29) is 31.0 Å². The Balaban J connectivity index is -0.00000264. The second kappa shape index (κ2) is 25.0. The number of hydrogen-bond donors (Lipinski definition) is 0. The molecule has 0 aromatic rings. The van der Waals surface area contributed by atoms with E-state index in [0.29, 0.717) is 13.2 Å². The molecule has 5 heteroatoms. The van der Waals surface area contributed by atoms with Gasteiger partial charge < -0.3 is 1.43 Å². The first-order chi connectivity index (χ1) is 11.8. The predicted octanol–water partition coefficient (Wildman–Crippen LogP) is 5.07. The summed E-state index contributed by atoms with van der Waals surface area (Å²) in [5, 5.41) is 0. The van der Waals surface area contributed by atoms with Crippen LogP contribution in [0, 0.1) is 0 Å². The van der Waals surface area contributed by atoms with Crippen molar-refractivity contribution in [2.45, 2.75) is 117 Å². The van der Waals surface area contributed by atoms with Crippen LogP contribution in [0.5, 0.6) is 0 Å². The van der Waals surface area contributed by atoms with Crippen LogP contribution in [0.25, 0.3) is 0 Å². The molecule has 0 fully saturated rings. The zero-order valence-corrected chi connectivity index (χ0v) is 20.3. The SMILES string of the molecule is CCCCCCCCCCO[P+](=O)OCCCCCCCCCC.[H-].[Na+]. The Morgan fingerprint density at radius 2 is 0.840 bits per heavy atom. The number of rotatable bonds is 20. The Hall–Kier alpha value is 1.02. The van der Waals surface area contributed by atoms with Crippen molar-refractivity contribution < 1.29 is 44.6 Å². The third kappa shape index (κ3) is 25.0. The molecule has 0 amide bonds. The van der Waals surface area contributed by atoms with E-state index in [1.807, 2.05) is 0 Å². The minimum atomic E-state index is -1.90. The molecule has 0 saturated heterocycles. The molecular weight excluding hydrogens is 342 g/mol. The van der Waals surface area contributed by atoms with Crippen molar-refractivity contribution in [1.82, 2.24) is 0 Å². The van der Waals surface area contributed by atoms with Gasteiger partial charge in [0.25, 0.3) is 0 Å². The van der Waals surface area contributed by atoms with E-state index in [1.54, 1.807) is 0 Å². The van der Waals surface area contributed by atoms with Crippen molar-refractivity contribution in [3.05, 3.63) is 0 Å². The largest absolute Gasteiger partial charge is 1.00 e. The third-order valence-corrected chi connectivity index (χ3v) is 5.18. The Bertz CT molecular complexity index is 247. The Morgan fingerprint density at radius 1 is 0.560 bits per heavy atom. The summed E-state index contributed by atoms with van der Waals surface area (Å²) in [5.74, 6) is 0. The van der Waals surface area contributed by atoms with E-state index < -0.39 is 8.25 Å². The molecule has 25 heavy (non-hydrogen) atoms. The van der Waals surface area contributed by atoms with Crippen LogP contribution < -0.4 is 29.6 Å². The standard InChI is InChI=1S/C20H42O3P.Na.H/c1-3-5-7-9-11-13-15-17-19-22-24(21)23-20-18-16-14-12-10-8-6-4-2;;/h3-20H2,1-2H3;;/q2*+1;-1. The summed E-state index contributed by atoms with van der Waals surface area (Å²) in [5.41, 5.74) is 0. The number of unbranched alkanes of at least 4 members (excludes halogenated alkanes) is 14. The van der Waals surface area contributed by atoms with Gasteiger partial charge in [-0.15, -0.1) is 9.05 Å². The monoisotopic (exact) mass is 385 g/mol. The van der Waals surface area contributed by atoms with E-state index in [2.05, 4.69) is 13.8 Å². The third-order valence-electron chi connectivity index (χ3n) is 4.39. The topological polar surface area (TPSA) is 35.5 Å². The maximum absolute atomic E-state index is 11.6. The minimum absolute atomic E-state index is 0. The fourth-order valence-electron chi connectivity index (χ4n) is 2.79. The van der Waals surface area contributed by atoms with Gasteiger partial charge in [-0.1, -0.05) is 104 Å². The van der Waals surface area contributed by atoms with Crippen molar-refractivity contribution in [2.24, 2.45) is 0 Å². The van der Waals surface area contributed by atoms with E-state index in [4.69, 9.17) is 9.05 Å². The number of hydrogen-bond acceptors (Lipinski definition) is 3. The van der Waals surface area contributed by atoms with E-state index in [1.165, 1.54) is 89.9 Å². The predicted molar refractivity (Wildman–Crippen MR) is 106 cm³/mol. The Morgan fingerprint density at radius 3 is 1.16 bits per heavy atom. The van der Waals surface area contributed by atoms with Crippen LogP contribution in [0.15, 0.2) is 0 Å². The van der Waals surface area contributed by atoms with Gasteiger partial charge in [0, 0.05) is 4.57 Å². The molecule has 0 aliphatic heterocycles. The molecule has 0 atom stereocenters. The van der Waals surface area contributed by atoms with Crippen LogP contribution in [-0.2, 0) is 13.6 Å². The molecule has 0 spiro atoms.